The molecule has 0 unspecified atom stereocenters. The third kappa shape index (κ3) is 8.58. The van der Waals surface area contributed by atoms with Gasteiger partial charge < -0.3 is 4.74 Å². The molecule has 0 aromatic heterocycles. The Morgan fingerprint density at radius 2 is 1.42 bits per heavy atom. The quantitative estimate of drug-likeness (QED) is 0.825. The first-order valence-electron chi connectivity index (χ1n) is 7.49. The van der Waals surface area contributed by atoms with Crippen LogP contribution in [0.4, 0.5) is 0 Å². The number of nitrogens with one attached hydrogen (secondary N) is 1. The van der Waals surface area contributed by atoms with Crippen LogP contribution in [0, 0.1) is 0 Å². The van der Waals surface area contributed by atoms with Crippen molar-refractivity contribution in [2.45, 2.75) is 52.7 Å². The summed E-state index contributed by atoms with van der Waals surface area (Å²) in [5.74, 6) is 0. The van der Waals surface area contributed by atoms with E-state index in [-0.39, 0.29) is 11.1 Å². The second-order valence-corrected chi connectivity index (χ2v) is 7.51. The Kier molecular flexibility index (Phi) is 6.24. The SMILES string of the molecule is CC(C)(C)NCN1CCN(CCOC(C)(C)C)CC1. The minimum absolute atomic E-state index is 0.0154. The van der Waals surface area contributed by atoms with Crippen LogP contribution >= 0.6 is 0 Å². The molecule has 1 aliphatic heterocycles. The van der Waals surface area contributed by atoms with E-state index in [0.717, 1.165) is 46.0 Å². The van der Waals surface area contributed by atoms with Crippen molar-refractivity contribution in [1.29, 1.82) is 0 Å². The lowest BCUT2D eigenvalue weighted by molar-refractivity contribution is -0.0182. The molecule has 0 aromatic rings. The molecule has 0 radical (unpaired) electrons. The van der Waals surface area contributed by atoms with E-state index in [4.69, 9.17) is 4.74 Å². The molecule has 0 saturated carbocycles. The minimum atomic E-state index is -0.0154. The fourth-order valence-electron chi connectivity index (χ4n) is 2.00. The summed E-state index contributed by atoms with van der Waals surface area (Å²) in [5, 5.41) is 3.55. The van der Waals surface area contributed by atoms with Crippen LogP contribution in [0.1, 0.15) is 41.5 Å². The largest absolute Gasteiger partial charge is 0.375 e. The highest BCUT2D eigenvalue weighted by molar-refractivity contribution is 4.75. The summed E-state index contributed by atoms with van der Waals surface area (Å²) in [6, 6.07) is 0. The summed E-state index contributed by atoms with van der Waals surface area (Å²) in [4.78, 5) is 4.99. The van der Waals surface area contributed by atoms with Crippen LogP contribution < -0.4 is 5.32 Å². The normalized spacial score (nSPS) is 19.9. The van der Waals surface area contributed by atoms with Crippen LogP contribution in [0.15, 0.2) is 0 Å². The summed E-state index contributed by atoms with van der Waals surface area (Å²) in [7, 11) is 0. The van der Waals surface area contributed by atoms with E-state index in [1.807, 2.05) is 0 Å². The van der Waals surface area contributed by atoms with E-state index in [2.05, 4.69) is 56.7 Å². The molecule has 0 amide bonds. The lowest BCUT2D eigenvalue weighted by atomic mass is 10.1. The number of ether oxygens (including phenoxy) is 1. The molecule has 1 rings (SSSR count). The molecular weight excluding hydrogens is 238 g/mol. The van der Waals surface area contributed by atoms with Gasteiger partial charge in [-0.05, 0) is 41.5 Å². The van der Waals surface area contributed by atoms with Gasteiger partial charge in [0.2, 0.25) is 0 Å². The summed E-state index contributed by atoms with van der Waals surface area (Å²) < 4.78 is 5.78. The smallest absolute Gasteiger partial charge is 0.0600 e. The molecule has 114 valence electrons. The number of piperazine rings is 1. The zero-order valence-electron chi connectivity index (χ0n) is 13.8. The number of nitrogens with zero attached hydrogens (tertiary/aromatic N) is 2. The summed E-state index contributed by atoms with van der Waals surface area (Å²) >= 11 is 0. The summed E-state index contributed by atoms with van der Waals surface area (Å²) in [5.41, 5.74) is 0.191. The van der Waals surface area contributed by atoms with Gasteiger partial charge in [0.1, 0.15) is 0 Å². The third-order valence-corrected chi connectivity index (χ3v) is 3.24. The van der Waals surface area contributed by atoms with Gasteiger partial charge in [0.05, 0.1) is 12.2 Å². The van der Waals surface area contributed by atoms with Crippen molar-refractivity contribution in [1.82, 2.24) is 15.1 Å². The van der Waals surface area contributed by atoms with E-state index in [0.29, 0.717) is 0 Å². The molecule has 1 fully saturated rings. The standard InChI is InChI=1S/C15H33N3O/c1-14(2,3)16-13-18-9-7-17(8-10-18)11-12-19-15(4,5)6/h16H,7-13H2,1-6H3. The average Bonchev–Trinajstić information content (AvgIpc) is 2.25. The van der Waals surface area contributed by atoms with Crippen molar-refractivity contribution < 1.29 is 4.74 Å². The van der Waals surface area contributed by atoms with Gasteiger partial charge in [-0.2, -0.15) is 0 Å². The third-order valence-electron chi connectivity index (χ3n) is 3.24. The van der Waals surface area contributed by atoms with Crippen molar-refractivity contribution in [3.05, 3.63) is 0 Å². The Balaban J connectivity index is 2.12. The Labute approximate surface area is 119 Å². The Hall–Kier alpha value is -0.160. The molecule has 0 aliphatic carbocycles. The maximum atomic E-state index is 5.78. The van der Waals surface area contributed by atoms with Gasteiger partial charge in [0.25, 0.3) is 0 Å². The van der Waals surface area contributed by atoms with Gasteiger partial charge in [-0.15, -0.1) is 0 Å². The van der Waals surface area contributed by atoms with E-state index < -0.39 is 0 Å². The van der Waals surface area contributed by atoms with Crippen molar-refractivity contribution in [2.24, 2.45) is 0 Å². The molecule has 1 N–H and O–H groups in total. The summed E-state index contributed by atoms with van der Waals surface area (Å²) in [6.07, 6.45) is 0. The highest BCUT2D eigenvalue weighted by atomic mass is 16.5. The molecule has 1 saturated heterocycles. The monoisotopic (exact) mass is 271 g/mol. The second-order valence-electron chi connectivity index (χ2n) is 7.51. The van der Waals surface area contributed by atoms with E-state index in [1.54, 1.807) is 0 Å². The first kappa shape index (κ1) is 16.9. The van der Waals surface area contributed by atoms with Crippen LogP contribution in [0.5, 0.6) is 0 Å². The highest BCUT2D eigenvalue weighted by Crippen LogP contribution is 2.07. The molecule has 0 bridgehead atoms. The maximum Gasteiger partial charge on any atom is 0.0600 e. The molecule has 1 heterocycles. The molecule has 4 nitrogen and oxygen atoms in total. The minimum Gasteiger partial charge on any atom is -0.375 e. The Morgan fingerprint density at radius 1 is 0.895 bits per heavy atom. The molecule has 4 heteroatoms. The van der Waals surface area contributed by atoms with Crippen LogP contribution in [0.3, 0.4) is 0 Å². The van der Waals surface area contributed by atoms with Gasteiger partial charge in [0.15, 0.2) is 0 Å². The highest BCUT2D eigenvalue weighted by Gasteiger charge is 2.19. The van der Waals surface area contributed by atoms with Gasteiger partial charge in [-0.1, -0.05) is 0 Å². The van der Waals surface area contributed by atoms with Crippen molar-refractivity contribution in [2.75, 3.05) is 46.0 Å². The second kappa shape index (κ2) is 7.02. The van der Waals surface area contributed by atoms with E-state index in [9.17, 15) is 0 Å². The predicted molar refractivity (Wildman–Crippen MR) is 81.5 cm³/mol. The van der Waals surface area contributed by atoms with Crippen molar-refractivity contribution >= 4 is 0 Å². The molecule has 19 heavy (non-hydrogen) atoms. The first-order chi connectivity index (χ1) is 8.66. The van der Waals surface area contributed by atoms with E-state index in [1.165, 1.54) is 0 Å². The molecule has 0 spiro atoms. The summed E-state index contributed by atoms with van der Waals surface area (Å²) in [6.45, 7) is 20.5. The zero-order valence-corrected chi connectivity index (χ0v) is 13.8. The lowest BCUT2D eigenvalue weighted by Crippen LogP contribution is -2.52. The van der Waals surface area contributed by atoms with Crippen LogP contribution in [0.2, 0.25) is 0 Å². The fourth-order valence-corrected chi connectivity index (χ4v) is 2.00. The number of hydrogen-bond acceptors (Lipinski definition) is 4. The van der Waals surface area contributed by atoms with Gasteiger partial charge in [0, 0.05) is 44.9 Å². The van der Waals surface area contributed by atoms with Gasteiger partial charge in [-0.3, -0.25) is 15.1 Å². The van der Waals surface area contributed by atoms with Crippen molar-refractivity contribution in [3.63, 3.8) is 0 Å². The molecule has 1 aliphatic rings. The van der Waals surface area contributed by atoms with Crippen LogP contribution in [0.25, 0.3) is 0 Å². The van der Waals surface area contributed by atoms with E-state index >= 15 is 0 Å². The Bertz CT molecular complexity index is 247. The molecule has 0 aromatic carbocycles. The first-order valence-corrected chi connectivity index (χ1v) is 7.49. The maximum absolute atomic E-state index is 5.78. The number of hydrogen-bond donors (Lipinski definition) is 1. The van der Waals surface area contributed by atoms with Crippen LogP contribution in [-0.4, -0.2) is 66.9 Å². The zero-order chi connectivity index (χ0) is 14.5. The average molecular weight is 271 g/mol. The Morgan fingerprint density at radius 3 is 1.89 bits per heavy atom. The molecule has 0 atom stereocenters. The molecular formula is C15H33N3O. The lowest BCUT2D eigenvalue weighted by Gasteiger charge is -2.36. The fraction of sp³-hybridized carbons (Fsp3) is 1.00. The van der Waals surface area contributed by atoms with Gasteiger partial charge >= 0.3 is 0 Å². The van der Waals surface area contributed by atoms with Gasteiger partial charge in [-0.25, -0.2) is 0 Å². The topological polar surface area (TPSA) is 27.7 Å². The number of rotatable bonds is 5. The van der Waals surface area contributed by atoms with Crippen molar-refractivity contribution in [3.8, 4) is 0 Å². The van der Waals surface area contributed by atoms with Crippen LogP contribution in [-0.2, 0) is 4.74 Å². The predicted octanol–water partition coefficient (Wildman–Crippen LogP) is 1.76.